The monoisotopic (exact) mass is 331 g/mol. The average molecular weight is 331 g/mol. The minimum atomic E-state index is -5.59. The van der Waals surface area contributed by atoms with E-state index in [2.05, 4.69) is 4.98 Å². The van der Waals surface area contributed by atoms with Crippen LogP contribution in [0.15, 0.2) is 6.33 Å². The number of hydrogen-bond acceptors (Lipinski definition) is 3. The van der Waals surface area contributed by atoms with Crippen molar-refractivity contribution in [3.63, 3.8) is 0 Å². The Morgan fingerprint density at radius 2 is 1.82 bits per heavy atom. The highest BCUT2D eigenvalue weighted by molar-refractivity contribution is 6.02. The molecule has 22 heavy (non-hydrogen) atoms. The third-order valence-corrected chi connectivity index (χ3v) is 3.04. The van der Waals surface area contributed by atoms with Gasteiger partial charge in [-0.2, -0.15) is 26.3 Å². The lowest BCUT2D eigenvalue weighted by atomic mass is 10.1. The molecule has 1 aromatic heterocycles. The van der Waals surface area contributed by atoms with Crippen LogP contribution in [0.2, 0.25) is 0 Å². The van der Waals surface area contributed by atoms with Gasteiger partial charge in [0.1, 0.15) is 6.04 Å². The zero-order chi connectivity index (χ0) is 16.9. The van der Waals surface area contributed by atoms with E-state index < -0.39 is 59.6 Å². The lowest BCUT2D eigenvalue weighted by Crippen LogP contribution is -2.56. The molecule has 1 aromatic rings. The van der Waals surface area contributed by atoms with Crippen LogP contribution in [0.1, 0.15) is 16.9 Å². The maximum Gasteiger partial charge on any atom is 0.471 e. The molecule has 0 fully saturated rings. The molecule has 0 radical (unpaired) electrons. The molecular weight excluding hydrogens is 324 g/mol. The minimum absolute atomic E-state index is 0.415. The topological polar surface area (TPSA) is 75.4 Å². The Kier molecular flexibility index (Phi) is 3.57. The van der Waals surface area contributed by atoms with Gasteiger partial charge in [0.25, 0.3) is 0 Å². The maximum atomic E-state index is 12.9. The minimum Gasteiger partial charge on any atom is -0.476 e. The number of imidazole rings is 1. The van der Waals surface area contributed by atoms with Crippen LogP contribution < -0.4 is 4.90 Å². The van der Waals surface area contributed by atoms with Gasteiger partial charge >= 0.3 is 24.2 Å². The molecule has 1 unspecified atom stereocenters. The van der Waals surface area contributed by atoms with Crippen LogP contribution in [0.5, 0.6) is 0 Å². The number of carbonyl (C=O) groups is 2. The molecular formula is C10H7F6N3O3. The first-order valence-electron chi connectivity index (χ1n) is 5.70. The number of fused-ring (bicyclic) bond motifs is 1. The Balaban J connectivity index is 2.63. The predicted octanol–water partition coefficient (Wildman–Crippen LogP) is 1.81. The summed E-state index contributed by atoms with van der Waals surface area (Å²) in [5, 5.41) is 8.84. The quantitative estimate of drug-likeness (QED) is 0.797. The summed E-state index contributed by atoms with van der Waals surface area (Å²) in [4.78, 5) is 25.0. The second-order valence-corrected chi connectivity index (χ2v) is 4.43. The van der Waals surface area contributed by atoms with Gasteiger partial charge in [-0.25, -0.2) is 9.78 Å². The van der Waals surface area contributed by atoms with Gasteiger partial charge in [0, 0.05) is 6.54 Å². The number of aryl methyl sites for hydroxylation is 1. The Hall–Kier alpha value is -2.27. The number of carboxylic acid groups (broad SMARTS) is 1. The molecule has 1 aliphatic rings. The highest BCUT2D eigenvalue weighted by Crippen LogP contribution is 2.39. The standard InChI is InChI=1S/C10H7F6N3O3/c11-9(12,13)4-1-2-18-3-17-5(7(20)21)6(18)19(4)8(22)10(14,15)16/h3-4H,1-2H2,(H,20,21). The molecule has 0 aromatic carbocycles. The normalized spacial score (nSPS) is 19.0. The molecule has 1 atom stereocenters. The van der Waals surface area contributed by atoms with Crippen molar-refractivity contribution in [2.24, 2.45) is 0 Å². The first-order chi connectivity index (χ1) is 9.94. The summed E-state index contributed by atoms with van der Waals surface area (Å²) in [5.41, 5.74) is -1.05. The van der Waals surface area contributed by atoms with Crippen LogP contribution in [0, 0.1) is 0 Å². The maximum absolute atomic E-state index is 12.9. The first-order valence-corrected chi connectivity index (χ1v) is 5.70. The number of rotatable bonds is 1. The van der Waals surface area contributed by atoms with Crippen LogP contribution in [0.3, 0.4) is 0 Å². The number of aromatic carboxylic acids is 1. The largest absolute Gasteiger partial charge is 0.476 e. The molecule has 0 spiro atoms. The number of nitrogens with zero attached hydrogens (tertiary/aromatic N) is 3. The van der Waals surface area contributed by atoms with Gasteiger partial charge in [0.05, 0.1) is 6.33 Å². The Labute approximate surface area is 117 Å². The zero-order valence-electron chi connectivity index (χ0n) is 10.4. The fourth-order valence-electron chi connectivity index (χ4n) is 2.17. The van der Waals surface area contributed by atoms with E-state index in [4.69, 9.17) is 5.11 Å². The molecule has 2 rings (SSSR count). The van der Waals surface area contributed by atoms with E-state index in [0.29, 0.717) is 0 Å². The Bertz CT molecular complexity index is 620. The third kappa shape index (κ3) is 2.60. The lowest BCUT2D eigenvalue weighted by Gasteiger charge is -2.37. The van der Waals surface area contributed by atoms with Gasteiger partial charge < -0.3 is 9.67 Å². The van der Waals surface area contributed by atoms with E-state index >= 15 is 0 Å². The number of alkyl halides is 6. The SMILES string of the molecule is O=C(O)c1ncn2c1N(C(=O)C(F)(F)F)C(C(F)(F)F)CC2. The number of carboxylic acids is 1. The van der Waals surface area contributed by atoms with Gasteiger partial charge in [0.15, 0.2) is 11.5 Å². The van der Waals surface area contributed by atoms with Crippen LogP contribution in [-0.2, 0) is 11.3 Å². The molecule has 0 bridgehead atoms. The van der Waals surface area contributed by atoms with Gasteiger partial charge in [-0.3, -0.25) is 9.69 Å². The number of aromatic nitrogens is 2. The van der Waals surface area contributed by atoms with Crippen molar-refractivity contribution in [1.82, 2.24) is 9.55 Å². The molecule has 0 aliphatic carbocycles. The summed E-state index contributed by atoms with van der Waals surface area (Å²) >= 11 is 0. The van der Waals surface area contributed by atoms with Crippen LogP contribution >= 0.6 is 0 Å². The van der Waals surface area contributed by atoms with E-state index in [0.717, 1.165) is 10.9 Å². The molecule has 122 valence electrons. The Morgan fingerprint density at radius 3 is 2.27 bits per heavy atom. The molecule has 0 saturated heterocycles. The molecule has 1 aliphatic heterocycles. The van der Waals surface area contributed by atoms with E-state index in [1.165, 1.54) is 0 Å². The summed E-state index contributed by atoms with van der Waals surface area (Å²) < 4.78 is 77.4. The van der Waals surface area contributed by atoms with Gasteiger partial charge in [-0.1, -0.05) is 0 Å². The highest BCUT2D eigenvalue weighted by Gasteiger charge is 2.55. The molecule has 1 N–H and O–H groups in total. The summed E-state index contributed by atoms with van der Waals surface area (Å²) in [6, 6.07) is -2.77. The average Bonchev–Trinajstić information content (AvgIpc) is 2.78. The summed E-state index contributed by atoms with van der Waals surface area (Å²) in [7, 11) is 0. The fraction of sp³-hybridized carbons (Fsp3) is 0.500. The molecule has 12 heteroatoms. The molecule has 2 heterocycles. The number of halogens is 6. The number of anilines is 1. The van der Waals surface area contributed by atoms with Gasteiger partial charge in [0.2, 0.25) is 0 Å². The fourth-order valence-corrected chi connectivity index (χ4v) is 2.17. The van der Waals surface area contributed by atoms with Crippen LogP contribution in [0.25, 0.3) is 0 Å². The van der Waals surface area contributed by atoms with Crippen molar-refractivity contribution in [1.29, 1.82) is 0 Å². The van der Waals surface area contributed by atoms with Crippen molar-refractivity contribution in [3.05, 3.63) is 12.0 Å². The van der Waals surface area contributed by atoms with Crippen molar-refractivity contribution in [3.8, 4) is 0 Å². The van der Waals surface area contributed by atoms with E-state index in [-0.39, 0.29) is 0 Å². The van der Waals surface area contributed by atoms with Crippen LogP contribution in [-0.4, -0.2) is 44.9 Å². The van der Waals surface area contributed by atoms with E-state index in [1.807, 2.05) is 0 Å². The van der Waals surface area contributed by atoms with Crippen molar-refractivity contribution in [2.45, 2.75) is 31.4 Å². The smallest absolute Gasteiger partial charge is 0.471 e. The second kappa shape index (κ2) is 4.88. The second-order valence-electron chi connectivity index (χ2n) is 4.43. The summed E-state index contributed by atoms with van der Waals surface area (Å²) in [6.45, 7) is -0.415. The highest BCUT2D eigenvalue weighted by atomic mass is 19.4. The lowest BCUT2D eigenvalue weighted by molar-refractivity contribution is -0.181. The predicted molar refractivity (Wildman–Crippen MR) is 57.2 cm³/mol. The van der Waals surface area contributed by atoms with Crippen molar-refractivity contribution >= 4 is 17.7 Å². The molecule has 0 saturated carbocycles. The van der Waals surface area contributed by atoms with E-state index in [9.17, 15) is 35.9 Å². The van der Waals surface area contributed by atoms with Gasteiger partial charge in [-0.05, 0) is 6.42 Å². The summed E-state index contributed by atoms with van der Waals surface area (Å²) in [5.74, 6) is -5.65. The van der Waals surface area contributed by atoms with Crippen molar-refractivity contribution in [2.75, 3.05) is 4.90 Å². The molecule has 6 nitrogen and oxygen atoms in total. The third-order valence-electron chi connectivity index (χ3n) is 3.04. The zero-order valence-corrected chi connectivity index (χ0v) is 10.4. The Morgan fingerprint density at radius 1 is 1.23 bits per heavy atom. The molecule has 1 amide bonds. The van der Waals surface area contributed by atoms with Gasteiger partial charge in [-0.15, -0.1) is 0 Å². The number of amides is 1. The van der Waals surface area contributed by atoms with Crippen LogP contribution in [0.4, 0.5) is 32.2 Å². The summed E-state index contributed by atoms with van der Waals surface area (Å²) in [6.07, 6.45) is -10.8. The number of hydrogen-bond donors (Lipinski definition) is 1. The van der Waals surface area contributed by atoms with Crippen molar-refractivity contribution < 1.29 is 41.0 Å². The first kappa shape index (κ1) is 16.1. The number of carbonyl (C=O) groups excluding carboxylic acids is 1. The van der Waals surface area contributed by atoms with E-state index in [1.54, 1.807) is 0 Å².